The zero-order valence-corrected chi connectivity index (χ0v) is 12.1. The van der Waals surface area contributed by atoms with Gasteiger partial charge < -0.3 is 20.5 Å². The van der Waals surface area contributed by atoms with Gasteiger partial charge in [0.25, 0.3) is 0 Å². The third-order valence-corrected chi connectivity index (χ3v) is 4.15. The van der Waals surface area contributed by atoms with E-state index in [2.05, 4.69) is 34.0 Å². The third-order valence-electron chi connectivity index (χ3n) is 4.15. The molecule has 1 aromatic rings. The quantitative estimate of drug-likeness (QED) is 0.777. The van der Waals surface area contributed by atoms with Gasteiger partial charge in [-0.1, -0.05) is 0 Å². The minimum Gasteiger partial charge on any atom is -0.365 e. The highest BCUT2D eigenvalue weighted by Gasteiger charge is 2.19. The molecule has 1 aliphatic rings. The second-order valence-electron chi connectivity index (χ2n) is 5.78. The van der Waals surface area contributed by atoms with Crippen LogP contribution >= 0.6 is 0 Å². The first kappa shape index (κ1) is 14.6. The van der Waals surface area contributed by atoms with Gasteiger partial charge in [-0.15, -0.1) is 0 Å². The number of aromatic amines is 1. The molecule has 1 aromatic heterocycles. The SMILES string of the molecule is CN(CCc1ccc[nH]1)CC1CCN(CCN)CC1. The number of hydrogen-bond acceptors (Lipinski definition) is 3. The second-order valence-corrected chi connectivity index (χ2v) is 5.78. The van der Waals surface area contributed by atoms with Crippen LogP contribution < -0.4 is 5.73 Å². The molecule has 1 aliphatic heterocycles. The summed E-state index contributed by atoms with van der Waals surface area (Å²) in [6.45, 7) is 6.69. The summed E-state index contributed by atoms with van der Waals surface area (Å²) in [5, 5.41) is 0. The Balaban J connectivity index is 1.62. The smallest absolute Gasteiger partial charge is 0.0159 e. The van der Waals surface area contributed by atoms with E-state index in [1.165, 1.54) is 38.2 Å². The van der Waals surface area contributed by atoms with Crippen molar-refractivity contribution >= 4 is 0 Å². The Morgan fingerprint density at radius 2 is 2.21 bits per heavy atom. The fourth-order valence-electron chi connectivity index (χ4n) is 2.94. The van der Waals surface area contributed by atoms with Gasteiger partial charge >= 0.3 is 0 Å². The van der Waals surface area contributed by atoms with Gasteiger partial charge in [-0.25, -0.2) is 0 Å². The van der Waals surface area contributed by atoms with Crippen molar-refractivity contribution in [2.24, 2.45) is 11.7 Å². The van der Waals surface area contributed by atoms with E-state index in [4.69, 9.17) is 5.73 Å². The Hall–Kier alpha value is -0.840. The van der Waals surface area contributed by atoms with Crippen molar-refractivity contribution < 1.29 is 0 Å². The molecule has 0 saturated carbocycles. The van der Waals surface area contributed by atoms with Gasteiger partial charge in [0.2, 0.25) is 0 Å². The van der Waals surface area contributed by atoms with Crippen LogP contribution in [0.4, 0.5) is 0 Å². The summed E-state index contributed by atoms with van der Waals surface area (Å²) < 4.78 is 0. The molecule has 4 nitrogen and oxygen atoms in total. The zero-order valence-electron chi connectivity index (χ0n) is 12.1. The average molecular weight is 264 g/mol. The van der Waals surface area contributed by atoms with E-state index in [9.17, 15) is 0 Å². The predicted molar refractivity (Wildman–Crippen MR) is 80.2 cm³/mol. The lowest BCUT2D eigenvalue weighted by atomic mass is 9.96. The molecular weight excluding hydrogens is 236 g/mol. The lowest BCUT2D eigenvalue weighted by Gasteiger charge is -2.33. The molecule has 19 heavy (non-hydrogen) atoms. The van der Waals surface area contributed by atoms with E-state index in [-0.39, 0.29) is 0 Å². The van der Waals surface area contributed by atoms with Gasteiger partial charge in [-0.2, -0.15) is 0 Å². The molecule has 0 amide bonds. The average Bonchev–Trinajstić information content (AvgIpc) is 2.92. The van der Waals surface area contributed by atoms with Crippen LogP contribution in [-0.4, -0.2) is 61.1 Å². The van der Waals surface area contributed by atoms with E-state index in [0.29, 0.717) is 0 Å². The van der Waals surface area contributed by atoms with Crippen molar-refractivity contribution in [3.8, 4) is 0 Å². The van der Waals surface area contributed by atoms with Gasteiger partial charge in [0.05, 0.1) is 0 Å². The van der Waals surface area contributed by atoms with Crippen molar-refractivity contribution in [3.05, 3.63) is 24.0 Å². The van der Waals surface area contributed by atoms with Crippen LogP contribution in [0.1, 0.15) is 18.5 Å². The van der Waals surface area contributed by atoms with Crippen molar-refractivity contribution in [3.63, 3.8) is 0 Å². The fraction of sp³-hybridized carbons (Fsp3) is 0.733. The number of likely N-dealkylation sites (N-methyl/N-ethyl adjacent to an activating group) is 1. The van der Waals surface area contributed by atoms with E-state index in [0.717, 1.165) is 32.0 Å². The van der Waals surface area contributed by atoms with Crippen LogP contribution in [0.5, 0.6) is 0 Å². The number of aromatic nitrogens is 1. The fourth-order valence-corrected chi connectivity index (χ4v) is 2.94. The molecule has 0 aromatic carbocycles. The molecule has 3 N–H and O–H groups in total. The molecule has 0 bridgehead atoms. The van der Waals surface area contributed by atoms with E-state index >= 15 is 0 Å². The number of nitrogens with one attached hydrogen (secondary N) is 1. The summed E-state index contributed by atoms with van der Waals surface area (Å²) in [6, 6.07) is 4.24. The highest BCUT2D eigenvalue weighted by Crippen LogP contribution is 2.17. The molecule has 1 fully saturated rings. The zero-order chi connectivity index (χ0) is 13.5. The Bertz CT molecular complexity index is 328. The molecule has 108 valence electrons. The van der Waals surface area contributed by atoms with Gasteiger partial charge in [-0.3, -0.25) is 0 Å². The summed E-state index contributed by atoms with van der Waals surface area (Å²) in [7, 11) is 2.25. The number of rotatable bonds is 7. The Morgan fingerprint density at radius 3 is 2.84 bits per heavy atom. The minimum absolute atomic E-state index is 0.792. The summed E-state index contributed by atoms with van der Waals surface area (Å²) in [6.07, 6.45) is 5.78. The van der Waals surface area contributed by atoms with Gasteiger partial charge in [0.1, 0.15) is 0 Å². The highest BCUT2D eigenvalue weighted by atomic mass is 15.1. The van der Waals surface area contributed by atoms with Gasteiger partial charge in [-0.05, 0) is 51.0 Å². The van der Waals surface area contributed by atoms with Gasteiger partial charge in [0.15, 0.2) is 0 Å². The first-order valence-corrected chi connectivity index (χ1v) is 7.51. The predicted octanol–water partition coefficient (Wildman–Crippen LogP) is 1.16. The molecule has 0 unspecified atom stereocenters. The Labute approximate surface area is 117 Å². The molecule has 2 heterocycles. The van der Waals surface area contributed by atoms with Crippen LogP contribution in [0.25, 0.3) is 0 Å². The third kappa shape index (κ3) is 4.97. The lowest BCUT2D eigenvalue weighted by Crippen LogP contribution is -2.40. The van der Waals surface area contributed by atoms with Gasteiger partial charge in [0, 0.05) is 44.5 Å². The molecule has 0 aliphatic carbocycles. The number of hydrogen-bond donors (Lipinski definition) is 2. The first-order valence-electron chi connectivity index (χ1n) is 7.51. The van der Waals surface area contributed by atoms with Crippen molar-refractivity contribution in [2.45, 2.75) is 19.3 Å². The van der Waals surface area contributed by atoms with Crippen LogP contribution in [0.2, 0.25) is 0 Å². The summed E-state index contributed by atoms with van der Waals surface area (Å²) >= 11 is 0. The summed E-state index contributed by atoms with van der Waals surface area (Å²) in [5.74, 6) is 0.864. The monoisotopic (exact) mass is 264 g/mol. The molecule has 0 radical (unpaired) electrons. The number of piperidine rings is 1. The van der Waals surface area contributed by atoms with E-state index in [1.54, 1.807) is 0 Å². The highest BCUT2D eigenvalue weighted by molar-refractivity contribution is 5.03. The number of nitrogens with two attached hydrogens (primary N) is 1. The Morgan fingerprint density at radius 1 is 1.42 bits per heavy atom. The van der Waals surface area contributed by atoms with Crippen LogP contribution in [0.3, 0.4) is 0 Å². The maximum absolute atomic E-state index is 5.61. The summed E-state index contributed by atoms with van der Waals surface area (Å²) in [4.78, 5) is 8.24. The second kappa shape index (κ2) is 7.68. The molecule has 0 spiro atoms. The van der Waals surface area contributed by atoms with E-state index < -0.39 is 0 Å². The van der Waals surface area contributed by atoms with E-state index in [1.807, 2.05) is 6.20 Å². The van der Waals surface area contributed by atoms with Crippen molar-refractivity contribution in [2.75, 3.05) is 46.3 Å². The topological polar surface area (TPSA) is 48.3 Å². The standard InChI is InChI=1S/C15H28N4/c1-18(9-6-15-3-2-8-17-15)13-14-4-10-19(11-5-14)12-7-16/h2-3,8,14,17H,4-7,9-13,16H2,1H3. The molecule has 2 rings (SSSR count). The largest absolute Gasteiger partial charge is 0.365 e. The van der Waals surface area contributed by atoms with Crippen molar-refractivity contribution in [1.82, 2.24) is 14.8 Å². The maximum Gasteiger partial charge on any atom is 0.0159 e. The summed E-state index contributed by atoms with van der Waals surface area (Å²) in [5.41, 5.74) is 6.95. The minimum atomic E-state index is 0.792. The first-order chi connectivity index (χ1) is 9.28. The molecule has 4 heteroatoms. The maximum atomic E-state index is 5.61. The van der Waals surface area contributed by atoms with Crippen LogP contribution in [0, 0.1) is 5.92 Å². The normalized spacial score (nSPS) is 18.3. The number of likely N-dealkylation sites (tertiary alicyclic amines) is 1. The Kier molecular flexibility index (Phi) is 5.89. The lowest BCUT2D eigenvalue weighted by molar-refractivity contribution is 0.158. The van der Waals surface area contributed by atoms with Crippen molar-refractivity contribution in [1.29, 1.82) is 0 Å². The van der Waals surface area contributed by atoms with Crippen LogP contribution in [0.15, 0.2) is 18.3 Å². The molecular formula is C15H28N4. The number of nitrogens with zero attached hydrogens (tertiary/aromatic N) is 2. The molecule has 0 atom stereocenters. The van der Waals surface area contributed by atoms with Crippen LogP contribution in [-0.2, 0) is 6.42 Å². The molecule has 1 saturated heterocycles. The number of H-pyrrole nitrogens is 1.